The summed E-state index contributed by atoms with van der Waals surface area (Å²) in [4.78, 5) is 4.11. The Morgan fingerprint density at radius 2 is 1.90 bits per heavy atom. The minimum atomic E-state index is -3.60. The van der Waals surface area contributed by atoms with E-state index in [4.69, 9.17) is 16.3 Å². The molecule has 0 bridgehead atoms. The van der Waals surface area contributed by atoms with Gasteiger partial charge >= 0.3 is 0 Å². The molecule has 0 spiro atoms. The fraction of sp³-hybridized carbons (Fsp3) is 0.0714. The lowest BCUT2D eigenvalue weighted by molar-refractivity contribution is 0.403. The molecule has 4 nitrogen and oxygen atoms in total. The Labute approximate surface area is 122 Å². The fourth-order valence-corrected chi connectivity index (χ4v) is 2.94. The van der Waals surface area contributed by atoms with Crippen molar-refractivity contribution in [3.63, 3.8) is 0 Å². The molecular weight excluding hydrogens is 298 g/mol. The van der Waals surface area contributed by atoms with Gasteiger partial charge in [0.1, 0.15) is 15.8 Å². The molecule has 6 heteroatoms. The van der Waals surface area contributed by atoms with Crippen LogP contribution in [-0.2, 0) is 9.84 Å². The van der Waals surface area contributed by atoms with Gasteiger partial charge in [0.25, 0.3) is 0 Å². The molecule has 1 aromatic heterocycles. The van der Waals surface area contributed by atoms with Crippen LogP contribution in [0.4, 0.5) is 0 Å². The quantitative estimate of drug-likeness (QED) is 0.814. The molecule has 0 atom stereocenters. The van der Waals surface area contributed by atoms with Gasteiger partial charge in [0.2, 0.25) is 9.84 Å². The number of aromatic nitrogens is 1. The highest BCUT2D eigenvalue weighted by Gasteiger charge is 2.15. The standard InChI is InChI=1S/C14H12ClNO3S/c1-19-12-6-2-3-7-13(12)20(17,18)10-9-11-5-4-8-14(15)16-11/h2-10H,1H3/b10-9+. The molecule has 0 unspecified atom stereocenters. The van der Waals surface area contributed by atoms with E-state index in [1.807, 2.05) is 0 Å². The zero-order valence-corrected chi connectivity index (χ0v) is 12.2. The summed E-state index contributed by atoms with van der Waals surface area (Å²) in [5.41, 5.74) is 0.468. The smallest absolute Gasteiger partial charge is 0.203 e. The number of sulfone groups is 1. The Bertz CT molecular complexity index is 742. The number of ether oxygens (including phenoxy) is 1. The van der Waals surface area contributed by atoms with Crippen molar-refractivity contribution in [3.8, 4) is 5.75 Å². The summed E-state index contributed by atoms with van der Waals surface area (Å²) in [6.07, 6.45) is 1.40. The van der Waals surface area contributed by atoms with Crippen molar-refractivity contribution in [2.45, 2.75) is 4.90 Å². The van der Waals surface area contributed by atoms with E-state index < -0.39 is 9.84 Å². The van der Waals surface area contributed by atoms with Gasteiger partial charge in [-0.05, 0) is 30.3 Å². The normalized spacial score (nSPS) is 11.7. The first-order chi connectivity index (χ1) is 9.53. The van der Waals surface area contributed by atoms with Gasteiger partial charge in [-0.2, -0.15) is 0 Å². The van der Waals surface area contributed by atoms with Gasteiger partial charge < -0.3 is 4.74 Å². The summed E-state index contributed by atoms with van der Waals surface area (Å²) >= 11 is 5.75. The van der Waals surface area contributed by atoms with Crippen LogP contribution in [-0.4, -0.2) is 20.5 Å². The van der Waals surface area contributed by atoms with Crippen LogP contribution in [0.15, 0.2) is 52.8 Å². The number of para-hydroxylation sites is 1. The van der Waals surface area contributed by atoms with Gasteiger partial charge in [-0.25, -0.2) is 13.4 Å². The zero-order valence-electron chi connectivity index (χ0n) is 10.7. The molecule has 0 aliphatic rings. The number of rotatable bonds is 4. The molecule has 0 aliphatic carbocycles. The predicted octanol–water partition coefficient (Wildman–Crippen LogP) is 3.19. The van der Waals surface area contributed by atoms with E-state index in [2.05, 4.69) is 4.98 Å². The topological polar surface area (TPSA) is 56.3 Å². The van der Waals surface area contributed by atoms with E-state index in [1.54, 1.807) is 36.4 Å². The van der Waals surface area contributed by atoms with Crippen LogP contribution in [0.3, 0.4) is 0 Å². The van der Waals surface area contributed by atoms with Crippen LogP contribution in [0.1, 0.15) is 5.69 Å². The molecule has 20 heavy (non-hydrogen) atoms. The number of nitrogens with zero attached hydrogens (tertiary/aromatic N) is 1. The monoisotopic (exact) mass is 309 g/mol. The molecule has 0 aliphatic heterocycles. The highest BCUT2D eigenvalue weighted by molar-refractivity contribution is 7.94. The maximum absolute atomic E-state index is 12.2. The second-order valence-electron chi connectivity index (χ2n) is 3.88. The lowest BCUT2D eigenvalue weighted by atomic mass is 10.3. The van der Waals surface area contributed by atoms with Crippen LogP contribution in [0.25, 0.3) is 6.08 Å². The molecular formula is C14H12ClNO3S. The van der Waals surface area contributed by atoms with Crippen molar-refractivity contribution in [2.24, 2.45) is 0 Å². The van der Waals surface area contributed by atoms with E-state index in [0.29, 0.717) is 16.6 Å². The average molecular weight is 310 g/mol. The van der Waals surface area contributed by atoms with Gasteiger partial charge in [-0.1, -0.05) is 29.8 Å². The summed E-state index contributed by atoms with van der Waals surface area (Å²) in [6.45, 7) is 0. The van der Waals surface area contributed by atoms with Crippen LogP contribution in [0.5, 0.6) is 5.75 Å². The number of pyridine rings is 1. The first-order valence-electron chi connectivity index (χ1n) is 5.72. The molecule has 1 aromatic carbocycles. The maximum atomic E-state index is 12.2. The van der Waals surface area contributed by atoms with E-state index in [0.717, 1.165) is 5.41 Å². The Hall–Kier alpha value is -1.85. The lowest BCUT2D eigenvalue weighted by Gasteiger charge is -2.05. The van der Waals surface area contributed by atoms with E-state index >= 15 is 0 Å². The molecule has 0 saturated carbocycles. The first kappa shape index (κ1) is 14.6. The molecule has 2 rings (SSSR count). The van der Waals surface area contributed by atoms with Crippen molar-refractivity contribution in [1.82, 2.24) is 4.98 Å². The average Bonchev–Trinajstić information content (AvgIpc) is 2.45. The molecule has 1 heterocycles. The Morgan fingerprint density at radius 3 is 2.60 bits per heavy atom. The third-order valence-corrected chi connectivity index (χ3v) is 4.19. The number of methoxy groups -OCH3 is 1. The molecule has 0 radical (unpaired) electrons. The van der Waals surface area contributed by atoms with E-state index in [-0.39, 0.29) is 4.90 Å². The highest BCUT2D eigenvalue weighted by atomic mass is 35.5. The molecule has 0 N–H and O–H groups in total. The zero-order chi connectivity index (χ0) is 14.6. The molecule has 0 fully saturated rings. The molecule has 104 valence electrons. The Balaban J connectivity index is 2.36. The fourth-order valence-electron chi connectivity index (χ4n) is 1.60. The predicted molar refractivity (Wildman–Crippen MR) is 78.5 cm³/mol. The van der Waals surface area contributed by atoms with Crippen LogP contribution in [0.2, 0.25) is 5.15 Å². The molecule has 0 amide bonds. The summed E-state index contributed by atoms with van der Waals surface area (Å²) < 4.78 is 29.5. The third-order valence-electron chi connectivity index (χ3n) is 2.53. The highest BCUT2D eigenvalue weighted by Crippen LogP contribution is 2.25. The van der Waals surface area contributed by atoms with E-state index in [1.165, 1.54) is 19.3 Å². The number of hydrogen-bond acceptors (Lipinski definition) is 4. The second-order valence-corrected chi connectivity index (χ2v) is 6.07. The first-order valence-corrected chi connectivity index (χ1v) is 7.64. The second kappa shape index (κ2) is 6.07. The SMILES string of the molecule is COc1ccccc1S(=O)(=O)/C=C/c1cccc(Cl)n1. The maximum Gasteiger partial charge on any atom is 0.203 e. The van der Waals surface area contributed by atoms with Crippen molar-refractivity contribution >= 4 is 27.5 Å². The van der Waals surface area contributed by atoms with Crippen molar-refractivity contribution < 1.29 is 13.2 Å². The number of hydrogen-bond donors (Lipinski definition) is 0. The van der Waals surface area contributed by atoms with Crippen molar-refractivity contribution in [3.05, 3.63) is 58.7 Å². The van der Waals surface area contributed by atoms with Crippen LogP contribution >= 0.6 is 11.6 Å². The Morgan fingerprint density at radius 1 is 1.15 bits per heavy atom. The van der Waals surface area contributed by atoms with Crippen molar-refractivity contribution in [2.75, 3.05) is 7.11 Å². The third kappa shape index (κ3) is 3.37. The minimum absolute atomic E-state index is 0.112. The van der Waals surface area contributed by atoms with Gasteiger partial charge in [0.15, 0.2) is 0 Å². The Kier molecular flexibility index (Phi) is 4.42. The lowest BCUT2D eigenvalue weighted by Crippen LogP contribution is -1.99. The number of halogens is 1. The largest absolute Gasteiger partial charge is 0.495 e. The van der Waals surface area contributed by atoms with E-state index in [9.17, 15) is 8.42 Å². The van der Waals surface area contributed by atoms with Gasteiger partial charge in [0.05, 0.1) is 12.8 Å². The summed E-state index contributed by atoms with van der Waals surface area (Å²) in [7, 11) is -2.18. The van der Waals surface area contributed by atoms with Crippen molar-refractivity contribution in [1.29, 1.82) is 0 Å². The van der Waals surface area contributed by atoms with Gasteiger partial charge in [-0.15, -0.1) is 0 Å². The van der Waals surface area contributed by atoms with Crippen LogP contribution < -0.4 is 4.74 Å². The summed E-state index contributed by atoms with van der Waals surface area (Å²) in [5, 5.41) is 1.39. The molecule has 2 aromatic rings. The van der Waals surface area contributed by atoms with Crippen LogP contribution in [0, 0.1) is 0 Å². The summed E-state index contributed by atoms with van der Waals surface area (Å²) in [5.74, 6) is 0.302. The molecule has 0 saturated heterocycles. The summed E-state index contributed by atoms with van der Waals surface area (Å²) in [6, 6.07) is 11.4. The van der Waals surface area contributed by atoms with Gasteiger partial charge in [0, 0.05) is 5.41 Å². The minimum Gasteiger partial charge on any atom is -0.495 e. The van der Waals surface area contributed by atoms with Gasteiger partial charge in [-0.3, -0.25) is 0 Å². The number of benzene rings is 1.